The van der Waals surface area contributed by atoms with E-state index < -0.39 is 15.8 Å². The number of thioether (sulfide) groups is 1. The fourth-order valence-electron chi connectivity index (χ4n) is 2.06. The molecule has 2 heterocycles. The molecule has 0 unspecified atom stereocenters. The summed E-state index contributed by atoms with van der Waals surface area (Å²) in [4.78, 5) is 17.9. The second-order valence-electron chi connectivity index (χ2n) is 4.48. The van der Waals surface area contributed by atoms with Gasteiger partial charge in [0.1, 0.15) is 10.4 Å². The number of fused-ring (bicyclic) bond motifs is 1. The summed E-state index contributed by atoms with van der Waals surface area (Å²) in [5.41, 5.74) is 0.975. The summed E-state index contributed by atoms with van der Waals surface area (Å²) in [6.07, 6.45) is 3.12. The van der Waals surface area contributed by atoms with Crippen molar-refractivity contribution >= 4 is 61.5 Å². The van der Waals surface area contributed by atoms with Crippen LogP contribution in [0.4, 0.5) is 0 Å². The highest BCUT2D eigenvalue weighted by Crippen LogP contribution is 2.38. The highest BCUT2D eigenvalue weighted by Gasteiger charge is 2.27. The summed E-state index contributed by atoms with van der Waals surface area (Å²) >= 11 is 8.20. The van der Waals surface area contributed by atoms with E-state index in [1.165, 1.54) is 36.3 Å². The second-order valence-corrected chi connectivity index (χ2v) is 8.93. The third-order valence-electron chi connectivity index (χ3n) is 3.11. The predicted molar refractivity (Wildman–Crippen MR) is 89.6 cm³/mol. The Morgan fingerprint density at radius 1 is 1.39 bits per heavy atom. The number of nitrogens with one attached hydrogen (secondary N) is 1. The Hall–Kier alpha value is -1.55. The number of nitrogens with zero attached hydrogens (tertiary/aromatic N) is 1. The molecule has 0 bridgehead atoms. The number of carbonyl (C=O) groups is 1. The van der Waals surface area contributed by atoms with E-state index in [2.05, 4.69) is 9.97 Å². The molecular weight excluding hydrogens is 380 g/mol. The van der Waals surface area contributed by atoms with Crippen molar-refractivity contribution in [3.63, 3.8) is 0 Å². The first kappa shape index (κ1) is 16.3. The maximum atomic E-state index is 12.9. The van der Waals surface area contributed by atoms with Crippen molar-refractivity contribution in [1.29, 1.82) is 0 Å². The number of sulfone groups is 1. The quantitative estimate of drug-likeness (QED) is 0.663. The number of benzene rings is 1. The Kier molecular flexibility index (Phi) is 4.13. The molecule has 10 heteroatoms. The van der Waals surface area contributed by atoms with Crippen molar-refractivity contribution in [3.8, 4) is 0 Å². The van der Waals surface area contributed by atoms with Crippen molar-refractivity contribution in [3.05, 3.63) is 34.4 Å². The number of hydrogen-bond donors (Lipinski definition) is 2. The van der Waals surface area contributed by atoms with Gasteiger partial charge < -0.3 is 10.1 Å². The zero-order valence-electron chi connectivity index (χ0n) is 11.5. The topological polar surface area (TPSA) is 100 Å². The van der Waals surface area contributed by atoms with E-state index in [0.717, 1.165) is 11.3 Å². The molecule has 2 aromatic heterocycles. The molecule has 0 aliphatic heterocycles. The molecule has 0 fully saturated rings. The lowest BCUT2D eigenvalue weighted by Gasteiger charge is -2.05. The molecule has 2 N–H and O–H groups in total. The van der Waals surface area contributed by atoms with E-state index in [1.54, 1.807) is 6.26 Å². The van der Waals surface area contributed by atoms with E-state index in [9.17, 15) is 13.2 Å². The van der Waals surface area contributed by atoms with E-state index in [-0.39, 0.29) is 19.7 Å². The van der Waals surface area contributed by atoms with Gasteiger partial charge in [-0.15, -0.1) is 23.1 Å². The molecule has 0 aliphatic rings. The van der Waals surface area contributed by atoms with E-state index >= 15 is 0 Å². The normalized spacial score (nSPS) is 11.9. The molecule has 23 heavy (non-hydrogen) atoms. The molecule has 0 atom stereocenters. The fourth-order valence-corrected chi connectivity index (χ4v) is 6.28. The maximum Gasteiger partial charge on any atom is 0.345 e. The average Bonchev–Trinajstić information content (AvgIpc) is 3.13. The molecule has 0 saturated heterocycles. The monoisotopic (exact) mass is 388 g/mol. The van der Waals surface area contributed by atoms with Crippen molar-refractivity contribution < 1.29 is 18.3 Å². The van der Waals surface area contributed by atoms with Gasteiger partial charge in [-0.25, -0.2) is 18.2 Å². The molecule has 1 aromatic carbocycles. The Morgan fingerprint density at radius 3 is 2.78 bits per heavy atom. The summed E-state index contributed by atoms with van der Waals surface area (Å²) in [5.74, 6) is -1.16. The maximum absolute atomic E-state index is 12.9. The van der Waals surface area contributed by atoms with Crippen molar-refractivity contribution in [2.24, 2.45) is 0 Å². The number of rotatable bonds is 4. The minimum atomic E-state index is -3.89. The van der Waals surface area contributed by atoms with Gasteiger partial charge in [-0.05, 0) is 24.5 Å². The van der Waals surface area contributed by atoms with E-state index in [1.807, 2.05) is 0 Å². The van der Waals surface area contributed by atoms with Gasteiger partial charge in [0.05, 0.1) is 30.9 Å². The van der Waals surface area contributed by atoms with Gasteiger partial charge >= 0.3 is 5.97 Å². The van der Waals surface area contributed by atoms with Crippen LogP contribution >= 0.6 is 34.7 Å². The van der Waals surface area contributed by atoms with Crippen LogP contribution < -0.4 is 0 Å². The SMILES string of the molecule is CSc1sc(C(=O)O)cc1S(=O)(=O)c1cc(Cl)c2nc[nH]c2c1. The lowest BCUT2D eigenvalue weighted by Crippen LogP contribution is -2.02. The largest absolute Gasteiger partial charge is 0.477 e. The van der Waals surface area contributed by atoms with Crippen LogP contribution in [0, 0.1) is 0 Å². The first-order valence-corrected chi connectivity index (χ1v) is 10.0. The molecule has 3 aromatic rings. The van der Waals surface area contributed by atoms with Gasteiger partial charge in [0.2, 0.25) is 9.84 Å². The highest BCUT2D eigenvalue weighted by molar-refractivity contribution is 8.01. The average molecular weight is 389 g/mol. The second kappa shape index (κ2) is 5.82. The molecule has 0 saturated carbocycles. The van der Waals surface area contributed by atoms with Gasteiger partial charge in [-0.3, -0.25) is 0 Å². The predicted octanol–water partition coefficient (Wildman–Crippen LogP) is 3.53. The van der Waals surface area contributed by atoms with Gasteiger partial charge in [0, 0.05) is 0 Å². The molecule has 6 nitrogen and oxygen atoms in total. The number of aromatic nitrogens is 2. The smallest absolute Gasteiger partial charge is 0.345 e. The van der Waals surface area contributed by atoms with Crippen molar-refractivity contribution in [2.45, 2.75) is 14.0 Å². The molecule has 0 radical (unpaired) electrons. The zero-order chi connectivity index (χ0) is 16.8. The Balaban J connectivity index is 2.22. The Morgan fingerprint density at radius 2 is 2.13 bits per heavy atom. The molecular formula is C13H9ClN2O4S3. The Labute approximate surface area is 144 Å². The number of H-pyrrole nitrogens is 1. The van der Waals surface area contributed by atoms with Crippen molar-refractivity contribution in [2.75, 3.05) is 6.26 Å². The van der Waals surface area contributed by atoms with Crippen LogP contribution in [0.1, 0.15) is 9.67 Å². The van der Waals surface area contributed by atoms with Crippen LogP contribution in [0.15, 0.2) is 38.5 Å². The third-order valence-corrected chi connectivity index (χ3v) is 7.67. The Bertz CT molecular complexity index is 1020. The van der Waals surface area contributed by atoms with Crippen LogP contribution in [0.5, 0.6) is 0 Å². The third kappa shape index (κ3) is 2.74. The van der Waals surface area contributed by atoms with Gasteiger partial charge in [-0.2, -0.15) is 0 Å². The number of aromatic amines is 1. The number of thiophene rings is 1. The highest BCUT2D eigenvalue weighted by atomic mass is 35.5. The van der Waals surface area contributed by atoms with Gasteiger partial charge in [-0.1, -0.05) is 11.6 Å². The molecule has 3 rings (SSSR count). The fraction of sp³-hybridized carbons (Fsp3) is 0.0769. The number of halogens is 1. The van der Waals surface area contributed by atoms with Crippen LogP contribution in [0.25, 0.3) is 11.0 Å². The zero-order valence-corrected chi connectivity index (χ0v) is 14.7. The molecule has 120 valence electrons. The number of carboxylic acid groups (broad SMARTS) is 1. The number of hydrogen-bond acceptors (Lipinski definition) is 6. The summed E-state index contributed by atoms with van der Waals surface area (Å²) in [6.45, 7) is 0. The lowest BCUT2D eigenvalue weighted by atomic mass is 10.3. The van der Waals surface area contributed by atoms with Crippen LogP contribution in [-0.2, 0) is 9.84 Å². The first-order valence-electron chi connectivity index (χ1n) is 6.13. The summed E-state index contributed by atoms with van der Waals surface area (Å²) in [7, 11) is -3.89. The summed E-state index contributed by atoms with van der Waals surface area (Å²) in [6, 6.07) is 3.94. The van der Waals surface area contributed by atoms with Gasteiger partial charge in [0.15, 0.2) is 0 Å². The van der Waals surface area contributed by atoms with Crippen molar-refractivity contribution in [1.82, 2.24) is 9.97 Å². The number of aromatic carboxylic acids is 1. The summed E-state index contributed by atoms with van der Waals surface area (Å²) < 4.78 is 26.2. The summed E-state index contributed by atoms with van der Waals surface area (Å²) in [5, 5.41) is 9.29. The van der Waals surface area contributed by atoms with E-state index in [0.29, 0.717) is 15.2 Å². The van der Waals surface area contributed by atoms with Crippen LogP contribution in [-0.4, -0.2) is 35.7 Å². The minimum Gasteiger partial charge on any atom is -0.477 e. The van der Waals surface area contributed by atoms with Gasteiger partial charge in [0.25, 0.3) is 0 Å². The molecule has 0 amide bonds. The molecule has 0 spiro atoms. The van der Waals surface area contributed by atoms with Crippen LogP contribution in [0.3, 0.4) is 0 Å². The minimum absolute atomic E-state index is 0.00992. The lowest BCUT2D eigenvalue weighted by molar-refractivity contribution is 0.0702. The molecule has 0 aliphatic carbocycles. The number of imidazole rings is 1. The standard InChI is InChI=1S/C13H9ClN2O4S3/c1-21-13-10(4-9(22-13)12(17)18)23(19,20)6-2-7(14)11-8(3-6)15-5-16-11/h2-5H,1H3,(H,15,16)(H,17,18). The number of carboxylic acids is 1. The van der Waals surface area contributed by atoms with E-state index in [4.69, 9.17) is 16.7 Å². The first-order chi connectivity index (χ1) is 10.8. The van der Waals surface area contributed by atoms with Crippen LogP contribution in [0.2, 0.25) is 5.02 Å².